The first-order valence-corrected chi connectivity index (χ1v) is 7.18. The van der Waals surface area contributed by atoms with E-state index in [1.807, 2.05) is 36.4 Å². The third-order valence-corrected chi connectivity index (χ3v) is 4.05. The van der Waals surface area contributed by atoms with E-state index in [-0.39, 0.29) is 17.7 Å². The van der Waals surface area contributed by atoms with Crippen LogP contribution < -0.4 is 0 Å². The van der Waals surface area contributed by atoms with Gasteiger partial charge in [0.1, 0.15) is 0 Å². The van der Waals surface area contributed by atoms with E-state index in [4.69, 9.17) is 5.41 Å². The van der Waals surface area contributed by atoms with Crippen molar-refractivity contribution in [1.82, 2.24) is 4.90 Å². The van der Waals surface area contributed by atoms with E-state index in [1.165, 1.54) is 11.1 Å². The number of carbonyl (C=O) groups is 1. The minimum atomic E-state index is -0.0638. The summed E-state index contributed by atoms with van der Waals surface area (Å²) in [5.74, 6) is -0.0800. The van der Waals surface area contributed by atoms with Crippen LogP contribution >= 0.6 is 0 Å². The molecule has 2 aromatic rings. The standard InChI is InChI=1S/C18H18N2O/c19-11-17(21)16-12-20(13-16)18(14-7-3-1-4-8-14)15-9-5-2-6-10-15/h1-11,16,18-19H,12-13H2. The first-order chi connectivity index (χ1) is 10.3. The van der Waals surface area contributed by atoms with Gasteiger partial charge >= 0.3 is 0 Å². The zero-order chi connectivity index (χ0) is 14.7. The van der Waals surface area contributed by atoms with E-state index in [1.54, 1.807) is 0 Å². The van der Waals surface area contributed by atoms with E-state index in [0.29, 0.717) is 0 Å². The Hall–Kier alpha value is -2.26. The lowest BCUT2D eigenvalue weighted by Gasteiger charge is -2.43. The van der Waals surface area contributed by atoms with Gasteiger partial charge in [-0.25, -0.2) is 0 Å². The second-order valence-electron chi connectivity index (χ2n) is 5.42. The van der Waals surface area contributed by atoms with Gasteiger partial charge in [-0.2, -0.15) is 0 Å². The van der Waals surface area contributed by atoms with Crippen molar-refractivity contribution in [3.63, 3.8) is 0 Å². The summed E-state index contributed by atoms with van der Waals surface area (Å²) in [4.78, 5) is 13.9. The molecule has 0 bridgehead atoms. The molecule has 0 unspecified atom stereocenters. The third kappa shape index (κ3) is 2.78. The van der Waals surface area contributed by atoms with Crippen LogP contribution in [0, 0.1) is 11.3 Å². The summed E-state index contributed by atoms with van der Waals surface area (Å²) < 4.78 is 0. The minimum absolute atomic E-state index is 0.0163. The number of hydrogen-bond donors (Lipinski definition) is 1. The van der Waals surface area contributed by atoms with E-state index in [0.717, 1.165) is 19.3 Å². The molecule has 1 heterocycles. The number of nitrogens with zero attached hydrogens (tertiary/aromatic N) is 1. The monoisotopic (exact) mass is 278 g/mol. The van der Waals surface area contributed by atoms with Gasteiger partial charge < -0.3 is 5.41 Å². The molecule has 1 aliphatic rings. The number of hydrogen-bond acceptors (Lipinski definition) is 3. The van der Waals surface area contributed by atoms with Crippen LogP contribution in [0.3, 0.4) is 0 Å². The van der Waals surface area contributed by atoms with Gasteiger partial charge in [0.05, 0.1) is 12.3 Å². The molecule has 3 rings (SSSR count). The fraction of sp³-hybridized carbons (Fsp3) is 0.222. The van der Waals surface area contributed by atoms with Crippen LogP contribution in [-0.4, -0.2) is 30.0 Å². The maximum Gasteiger partial charge on any atom is 0.178 e. The molecule has 1 saturated heterocycles. The zero-order valence-corrected chi connectivity index (χ0v) is 11.8. The van der Waals surface area contributed by atoms with Gasteiger partial charge in [0.15, 0.2) is 5.78 Å². The number of carbonyl (C=O) groups excluding carboxylic acids is 1. The van der Waals surface area contributed by atoms with Gasteiger partial charge in [-0.15, -0.1) is 0 Å². The predicted octanol–water partition coefficient (Wildman–Crippen LogP) is 2.93. The Morgan fingerprint density at radius 1 is 1.00 bits per heavy atom. The van der Waals surface area contributed by atoms with E-state index in [9.17, 15) is 4.79 Å². The van der Waals surface area contributed by atoms with Crippen molar-refractivity contribution in [2.45, 2.75) is 6.04 Å². The molecule has 3 nitrogen and oxygen atoms in total. The van der Waals surface area contributed by atoms with Gasteiger partial charge in [-0.05, 0) is 11.1 Å². The molecule has 0 aliphatic carbocycles. The van der Waals surface area contributed by atoms with Gasteiger partial charge in [-0.3, -0.25) is 9.69 Å². The molecule has 106 valence electrons. The van der Waals surface area contributed by atoms with E-state index >= 15 is 0 Å². The molecule has 1 fully saturated rings. The topological polar surface area (TPSA) is 44.2 Å². The Morgan fingerprint density at radius 2 is 1.48 bits per heavy atom. The quantitative estimate of drug-likeness (QED) is 0.855. The number of rotatable bonds is 5. The lowest BCUT2D eigenvalue weighted by molar-refractivity contribution is -0.121. The second-order valence-corrected chi connectivity index (χ2v) is 5.42. The Labute approximate surface area is 124 Å². The van der Waals surface area contributed by atoms with Crippen LogP contribution in [0.1, 0.15) is 17.2 Å². The Kier molecular flexibility index (Phi) is 3.93. The van der Waals surface area contributed by atoms with E-state index < -0.39 is 0 Å². The van der Waals surface area contributed by atoms with Crippen molar-refractivity contribution in [3.8, 4) is 0 Å². The highest BCUT2D eigenvalue weighted by Crippen LogP contribution is 2.34. The van der Waals surface area contributed by atoms with Crippen LogP contribution in [0.15, 0.2) is 60.7 Å². The average Bonchev–Trinajstić information content (AvgIpc) is 2.51. The molecule has 0 spiro atoms. The highest BCUT2D eigenvalue weighted by atomic mass is 16.1. The highest BCUT2D eigenvalue weighted by Gasteiger charge is 2.36. The third-order valence-electron chi connectivity index (χ3n) is 4.05. The number of benzene rings is 2. The second kappa shape index (κ2) is 6.02. The van der Waals surface area contributed by atoms with Crippen LogP contribution in [0.25, 0.3) is 0 Å². The lowest BCUT2D eigenvalue weighted by Crippen LogP contribution is -2.52. The van der Waals surface area contributed by atoms with Gasteiger partial charge in [0.2, 0.25) is 0 Å². The molecular weight excluding hydrogens is 260 g/mol. The zero-order valence-electron chi connectivity index (χ0n) is 11.8. The molecule has 1 N–H and O–H groups in total. The molecule has 0 saturated carbocycles. The molecule has 0 atom stereocenters. The number of nitrogens with one attached hydrogen (secondary N) is 1. The fourth-order valence-corrected chi connectivity index (χ4v) is 2.91. The van der Waals surface area contributed by atoms with Crippen LogP contribution in [0.5, 0.6) is 0 Å². The summed E-state index contributed by atoms with van der Waals surface area (Å²) >= 11 is 0. The maximum absolute atomic E-state index is 11.6. The largest absolute Gasteiger partial charge is 0.305 e. The normalized spacial score (nSPS) is 15.7. The fourth-order valence-electron chi connectivity index (χ4n) is 2.91. The molecule has 0 aromatic heterocycles. The SMILES string of the molecule is N=CC(=O)C1CN(C(c2ccccc2)c2ccccc2)C1. The number of Topliss-reactive ketones (excluding diaryl/α,β-unsaturated/α-hetero) is 1. The van der Waals surface area contributed by atoms with Crippen LogP contribution in [0.2, 0.25) is 0 Å². The minimum Gasteiger partial charge on any atom is -0.305 e. The molecular formula is C18H18N2O. The molecule has 2 aromatic carbocycles. The van der Waals surface area contributed by atoms with Gasteiger partial charge in [0, 0.05) is 19.0 Å². The van der Waals surface area contributed by atoms with Crippen LogP contribution in [-0.2, 0) is 4.79 Å². The predicted molar refractivity (Wildman–Crippen MR) is 83.6 cm³/mol. The molecule has 1 aliphatic heterocycles. The summed E-state index contributed by atoms with van der Waals surface area (Å²) in [6.07, 6.45) is 0.946. The Bertz CT molecular complexity index is 579. The van der Waals surface area contributed by atoms with Crippen molar-refractivity contribution in [3.05, 3.63) is 71.8 Å². The summed E-state index contributed by atoms with van der Waals surface area (Å²) in [5, 5.41) is 7.08. The smallest absolute Gasteiger partial charge is 0.178 e. The van der Waals surface area contributed by atoms with Crippen molar-refractivity contribution >= 4 is 12.0 Å². The summed E-state index contributed by atoms with van der Waals surface area (Å²) in [7, 11) is 0. The van der Waals surface area contributed by atoms with Gasteiger partial charge in [0.25, 0.3) is 0 Å². The summed E-state index contributed by atoms with van der Waals surface area (Å²) in [5.41, 5.74) is 2.48. The highest BCUT2D eigenvalue weighted by molar-refractivity contribution is 6.27. The lowest BCUT2D eigenvalue weighted by atomic mass is 9.88. The van der Waals surface area contributed by atoms with Crippen molar-refractivity contribution in [1.29, 1.82) is 5.41 Å². The first kappa shape index (κ1) is 13.7. The van der Waals surface area contributed by atoms with Crippen molar-refractivity contribution in [2.24, 2.45) is 5.92 Å². The maximum atomic E-state index is 11.6. The van der Waals surface area contributed by atoms with Crippen molar-refractivity contribution < 1.29 is 4.79 Å². The molecule has 0 radical (unpaired) electrons. The Morgan fingerprint density at radius 3 is 1.90 bits per heavy atom. The Balaban J connectivity index is 1.85. The van der Waals surface area contributed by atoms with Crippen LogP contribution in [0.4, 0.5) is 0 Å². The summed E-state index contributed by atoms with van der Waals surface area (Å²) in [6.45, 7) is 1.45. The molecule has 0 amide bonds. The summed E-state index contributed by atoms with van der Waals surface area (Å²) in [6, 6.07) is 20.9. The first-order valence-electron chi connectivity index (χ1n) is 7.18. The average molecular weight is 278 g/mol. The molecule has 3 heteroatoms. The van der Waals surface area contributed by atoms with Gasteiger partial charge in [-0.1, -0.05) is 60.7 Å². The van der Waals surface area contributed by atoms with Crippen molar-refractivity contribution in [2.75, 3.05) is 13.1 Å². The van der Waals surface area contributed by atoms with E-state index in [2.05, 4.69) is 29.2 Å². The molecule has 21 heavy (non-hydrogen) atoms. The number of likely N-dealkylation sites (tertiary alicyclic amines) is 1. The number of ketones is 1.